The molecule has 0 radical (unpaired) electrons. The third-order valence-electron chi connectivity index (χ3n) is 8.64. The standard InChI is InChI=1S/C35H34ClN7O4S/c1-20-21(2)48-34-30(20)31(23-7-10-26(36)11-8-23)38-28(32-40-39-22(3)43(32)34)19-29(44)41-14-16-42(17-15-41)33(45)25-9-12-27(35(46)47-4)24(18-25)6-5-13-37/h7-12,18,28H,13-17,19,37H2,1-4H3/t28-/m0/s1. The van der Waals surface area contributed by atoms with Gasteiger partial charge in [0.2, 0.25) is 5.91 Å². The predicted octanol–water partition coefficient (Wildman–Crippen LogP) is 4.27. The van der Waals surface area contributed by atoms with Crippen LogP contribution in [-0.4, -0.2) is 87.9 Å². The van der Waals surface area contributed by atoms with Gasteiger partial charge in [-0.15, -0.1) is 21.5 Å². The number of halogens is 1. The lowest BCUT2D eigenvalue weighted by molar-refractivity contribution is -0.133. The van der Waals surface area contributed by atoms with Crippen LogP contribution in [0.5, 0.6) is 0 Å². The van der Waals surface area contributed by atoms with Crippen molar-refractivity contribution in [1.82, 2.24) is 24.6 Å². The summed E-state index contributed by atoms with van der Waals surface area (Å²) < 4.78 is 6.88. The number of thiophene rings is 1. The summed E-state index contributed by atoms with van der Waals surface area (Å²) >= 11 is 7.89. The van der Waals surface area contributed by atoms with Crippen LogP contribution >= 0.6 is 22.9 Å². The number of rotatable bonds is 5. The molecule has 6 rings (SSSR count). The summed E-state index contributed by atoms with van der Waals surface area (Å²) in [6.07, 6.45) is 0.0916. The van der Waals surface area contributed by atoms with E-state index in [-0.39, 0.29) is 30.3 Å². The molecule has 1 atom stereocenters. The molecule has 4 heterocycles. The monoisotopic (exact) mass is 683 g/mol. The summed E-state index contributed by atoms with van der Waals surface area (Å²) in [6, 6.07) is 11.7. The van der Waals surface area contributed by atoms with Crippen LogP contribution in [0.3, 0.4) is 0 Å². The summed E-state index contributed by atoms with van der Waals surface area (Å²) in [4.78, 5) is 49.4. The maximum Gasteiger partial charge on any atom is 0.339 e. The Kier molecular flexibility index (Phi) is 9.46. The number of nitrogens with zero attached hydrogens (tertiary/aromatic N) is 6. The molecular weight excluding hydrogens is 650 g/mol. The molecule has 2 amide bonds. The maximum atomic E-state index is 13.8. The zero-order chi connectivity index (χ0) is 34.1. The van der Waals surface area contributed by atoms with Crippen molar-refractivity contribution in [3.05, 3.63) is 97.4 Å². The van der Waals surface area contributed by atoms with Gasteiger partial charge in [0.15, 0.2) is 5.82 Å². The van der Waals surface area contributed by atoms with Gasteiger partial charge in [-0.25, -0.2) is 4.79 Å². The number of hydrogen-bond donors (Lipinski definition) is 1. The minimum Gasteiger partial charge on any atom is -0.465 e. The first-order valence-electron chi connectivity index (χ1n) is 15.5. The minimum atomic E-state index is -0.579. The zero-order valence-electron chi connectivity index (χ0n) is 27.0. The highest BCUT2D eigenvalue weighted by atomic mass is 35.5. The summed E-state index contributed by atoms with van der Waals surface area (Å²) in [5.74, 6) is 6.09. The smallest absolute Gasteiger partial charge is 0.339 e. The molecule has 2 aliphatic rings. The molecule has 11 nitrogen and oxygen atoms in total. The van der Waals surface area contributed by atoms with Crippen molar-refractivity contribution < 1.29 is 19.1 Å². The molecule has 0 unspecified atom stereocenters. The highest BCUT2D eigenvalue weighted by molar-refractivity contribution is 7.15. The molecule has 48 heavy (non-hydrogen) atoms. The van der Waals surface area contributed by atoms with Crippen LogP contribution in [0.1, 0.15) is 72.0 Å². The van der Waals surface area contributed by atoms with Gasteiger partial charge in [0.05, 0.1) is 31.4 Å². The number of nitrogens with two attached hydrogens (primary N) is 1. The molecule has 2 N–H and O–H groups in total. The number of methoxy groups -OCH3 is 1. The molecule has 0 aliphatic carbocycles. The third-order valence-corrected chi connectivity index (χ3v) is 10.1. The lowest BCUT2D eigenvalue weighted by atomic mass is 9.99. The maximum absolute atomic E-state index is 13.8. The van der Waals surface area contributed by atoms with Gasteiger partial charge < -0.3 is 20.3 Å². The van der Waals surface area contributed by atoms with Crippen LogP contribution in [-0.2, 0) is 9.53 Å². The Hall–Kier alpha value is -4.83. The minimum absolute atomic E-state index is 0.0848. The normalized spacial score (nSPS) is 15.5. The fourth-order valence-corrected chi connectivity index (χ4v) is 7.32. The molecule has 2 aliphatic heterocycles. The SMILES string of the molecule is COC(=O)c1ccc(C(=O)N2CCN(C(=O)C[C@@H]3N=C(c4ccc(Cl)cc4)c4c(sc(C)c4C)-n4c(C)nnc43)CC2)cc1C#CCN. The number of benzene rings is 2. The molecule has 13 heteroatoms. The number of hydrogen-bond acceptors (Lipinski definition) is 9. The van der Waals surface area contributed by atoms with Crippen LogP contribution < -0.4 is 5.73 Å². The summed E-state index contributed by atoms with van der Waals surface area (Å²) in [7, 11) is 1.29. The molecule has 0 spiro atoms. The first-order chi connectivity index (χ1) is 23.1. The zero-order valence-corrected chi connectivity index (χ0v) is 28.6. The number of fused-ring (bicyclic) bond motifs is 3. The van der Waals surface area contributed by atoms with E-state index in [2.05, 4.69) is 35.9 Å². The van der Waals surface area contributed by atoms with Gasteiger partial charge in [-0.2, -0.15) is 0 Å². The number of aliphatic imine (C=N–C) groups is 1. The van der Waals surface area contributed by atoms with E-state index in [4.69, 9.17) is 27.1 Å². The second-order valence-electron chi connectivity index (χ2n) is 11.5. The Morgan fingerprint density at radius 1 is 1.02 bits per heavy atom. The van der Waals surface area contributed by atoms with Crippen molar-refractivity contribution in [2.45, 2.75) is 33.2 Å². The van der Waals surface area contributed by atoms with Crippen LogP contribution in [0.25, 0.3) is 5.00 Å². The fourth-order valence-electron chi connectivity index (χ4n) is 5.98. The van der Waals surface area contributed by atoms with Crippen molar-refractivity contribution in [3.8, 4) is 16.8 Å². The second-order valence-corrected chi connectivity index (χ2v) is 13.2. The molecule has 0 bridgehead atoms. The van der Waals surface area contributed by atoms with E-state index in [0.29, 0.717) is 48.2 Å². The molecular formula is C35H34ClN7O4S. The van der Waals surface area contributed by atoms with E-state index < -0.39 is 12.0 Å². The quantitative estimate of drug-likeness (QED) is 0.245. The lowest BCUT2D eigenvalue weighted by Gasteiger charge is -2.35. The number of aryl methyl sites for hydroxylation is 2. The number of carbonyl (C=O) groups is 3. The van der Waals surface area contributed by atoms with Gasteiger partial charge in [0.25, 0.3) is 5.91 Å². The Bertz CT molecular complexity index is 2010. The highest BCUT2D eigenvalue weighted by Crippen LogP contribution is 2.39. The highest BCUT2D eigenvalue weighted by Gasteiger charge is 2.34. The number of ether oxygens (including phenoxy) is 1. The van der Waals surface area contributed by atoms with Crippen molar-refractivity contribution in [2.24, 2.45) is 10.7 Å². The topological polar surface area (TPSA) is 136 Å². The van der Waals surface area contributed by atoms with Gasteiger partial charge >= 0.3 is 5.97 Å². The van der Waals surface area contributed by atoms with E-state index in [1.165, 1.54) is 18.1 Å². The summed E-state index contributed by atoms with van der Waals surface area (Å²) in [5.41, 5.74) is 10.4. The van der Waals surface area contributed by atoms with Gasteiger partial charge in [-0.05, 0) is 56.7 Å². The van der Waals surface area contributed by atoms with E-state index >= 15 is 0 Å². The number of carbonyl (C=O) groups excluding carboxylic acids is 3. The number of piperazine rings is 1. The van der Waals surface area contributed by atoms with Crippen molar-refractivity contribution in [1.29, 1.82) is 0 Å². The second kappa shape index (κ2) is 13.7. The van der Waals surface area contributed by atoms with Gasteiger partial charge in [0.1, 0.15) is 16.9 Å². The van der Waals surface area contributed by atoms with Crippen molar-refractivity contribution in [3.63, 3.8) is 0 Å². The van der Waals surface area contributed by atoms with Gasteiger partial charge in [0, 0.05) is 58.3 Å². The molecule has 4 aromatic rings. The van der Waals surface area contributed by atoms with Crippen LogP contribution in [0.4, 0.5) is 0 Å². The Balaban J connectivity index is 1.22. The van der Waals surface area contributed by atoms with E-state index in [1.54, 1.807) is 33.3 Å². The fraction of sp³-hybridized carbons (Fsp3) is 0.314. The Morgan fingerprint density at radius 2 is 1.73 bits per heavy atom. The van der Waals surface area contributed by atoms with Crippen LogP contribution in [0, 0.1) is 32.6 Å². The molecule has 246 valence electrons. The number of amides is 2. The summed E-state index contributed by atoms with van der Waals surface area (Å²) in [6.45, 7) is 7.61. The van der Waals surface area contributed by atoms with Crippen LogP contribution in [0.2, 0.25) is 5.02 Å². The van der Waals surface area contributed by atoms with E-state index in [1.807, 2.05) is 35.8 Å². The largest absolute Gasteiger partial charge is 0.465 e. The lowest BCUT2D eigenvalue weighted by Crippen LogP contribution is -2.50. The van der Waals surface area contributed by atoms with Gasteiger partial charge in [-0.3, -0.25) is 19.1 Å². The molecule has 1 saturated heterocycles. The Labute approximate surface area is 287 Å². The number of esters is 1. The number of aromatic nitrogens is 3. The average molecular weight is 684 g/mol. The Morgan fingerprint density at radius 3 is 2.42 bits per heavy atom. The third kappa shape index (κ3) is 6.24. The molecule has 2 aromatic heterocycles. The molecule has 1 fully saturated rings. The first-order valence-corrected chi connectivity index (χ1v) is 16.7. The van der Waals surface area contributed by atoms with E-state index in [9.17, 15) is 14.4 Å². The van der Waals surface area contributed by atoms with Crippen molar-refractivity contribution >= 4 is 46.4 Å². The van der Waals surface area contributed by atoms with Crippen LogP contribution in [0.15, 0.2) is 47.5 Å². The van der Waals surface area contributed by atoms with Crippen molar-refractivity contribution in [2.75, 3.05) is 39.8 Å². The molecule has 2 aromatic carbocycles. The average Bonchev–Trinajstić information content (AvgIpc) is 3.58. The summed E-state index contributed by atoms with van der Waals surface area (Å²) in [5, 5.41) is 10.5. The molecule has 0 saturated carbocycles. The van der Waals surface area contributed by atoms with E-state index in [0.717, 1.165) is 33.2 Å². The predicted molar refractivity (Wildman–Crippen MR) is 184 cm³/mol. The first kappa shape index (κ1) is 33.1. The van der Waals surface area contributed by atoms with Gasteiger partial charge in [-0.1, -0.05) is 35.6 Å².